The fraction of sp³-hybridized carbons (Fsp3) is 0.292. The molecule has 3 fully saturated rings. The topological polar surface area (TPSA) is 378 Å². The molecule has 1 aliphatic heterocycles. The summed E-state index contributed by atoms with van der Waals surface area (Å²) in [6.45, 7) is 8.32. The first-order chi connectivity index (χ1) is 46.5. The molecule has 3 aliphatic rings. The fourth-order valence-corrected chi connectivity index (χ4v) is 12.5. The number of aliphatic hydroxyl groups excluding tert-OH is 1. The summed E-state index contributed by atoms with van der Waals surface area (Å²) < 4.78 is 39.8. The molecule has 4 heterocycles. The number of rotatable bonds is 18. The van der Waals surface area contributed by atoms with Crippen molar-refractivity contribution >= 4 is 52.9 Å². The summed E-state index contributed by atoms with van der Waals surface area (Å²) >= 11 is 0. The molecule has 16 N–H and O–H groups in total. The highest BCUT2D eigenvalue weighted by atomic mass is 19.1. The normalized spacial score (nSPS) is 15.2. The van der Waals surface area contributed by atoms with Crippen LogP contribution >= 0.6 is 0 Å². The first-order valence-electron chi connectivity index (χ1n) is 32.0. The number of aryl methyl sites for hydroxylation is 4. The number of halogens is 2. The Morgan fingerprint density at radius 2 is 0.876 bits per heavy atom. The van der Waals surface area contributed by atoms with Gasteiger partial charge in [0.05, 0.1) is 25.3 Å². The lowest BCUT2D eigenvalue weighted by Gasteiger charge is -2.14. The van der Waals surface area contributed by atoms with Gasteiger partial charge in [-0.3, -0.25) is 28.8 Å². The van der Waals surface area contributed by atoms with E-state index in [1.54, 1.807) is 70.0 Å². The van der Waals surface area contributed by atoms with E-state index in [0.29, 0.717) is 56.7 Å². The van der Waals surface area contributed by atoms with Gasteiger partial charge in [0.25, 0.3) is 35.4 Å². The Bertz CT molecular complexity index is 4450. The number of anilines is 3. The van der Waals surface area contributed by atoms with Crippen molar-refractivity contribution in [1.82, 2.24) is 45.3 Å². The lowest BCUT2D eigenvalue weighted by atomic mass is 10.0. The first-order valence-corrected chi connectivity index (χ1v) is 32.0. The Balaban J connectivity index is 0.000000158. The second-order valence-electron chi connectivity index (χ2n) is 24.6. The predicted octanol–water partition coefficient (Wildman–Crippen LogP) is 9.16. The third-order valence-corrected chi connectivity index (χ3v) is 17.9. The quantitative estimate of drug-likeness (QED) is 0.0383. The van der Waals surface area contributed by atoms with Crippen molar-refractivity contribution < 1.29 is 47.4 Å². The van der Waals surface area contributed by atoms with Crippen LogP contribution in [0.25, 0.3) is 33.8 Å². The number of carbonyl (C=O) groups excluding carboxylic acids is 6. The number of aliphatic hydroxyl groups is 1. The molecule has 2 unspecified atom stereocenters. The number of aromatic nitrogens is 6. The Kier molecular flexibility index (Phi) is 21.4. The minimum atomic E-state index is -0.773. The SMILES string of the molecule is Cc1ccc(C)c(C(=O)NCc2ccc(-c3nn(C4CCCC4)c(N)c3C(N)=O)cc2F)c1.Cc1ccccc1C(=O)NCc1ccc(-c2nn(C3CCCC3)c(N)c2C(N)=O)cc1F.Cc1ccccc1C(=O)NCc1ccc(-c2nn(C3COCC3O)c(N)c2C(N)=O)cc1. The summed E-state index contributed by atoms with van der Waals surface area (Å²) in [5, 5.41) is 32.1. The van der Waals surface area contributed by atoms with E-state index in [9.17, 15) is 42.7 Å². The van der Waals surface area contributed by atoms with Gasteiger partial charge in [0.15, 0.2) is 0 Å². The number of nitrogens with two attached hydrogens (primary N) is 6. The van der Waals surface area contributed by atoms with Crippen molar-refractivity contribution in [2.24, 2.45) is 17.2 Å². The van der Waals surface area contributed by atoms with Gasteiger partial charge in [-0.1, -0.05) is 128 Å². The fourth-order valence-electron chi connectivity index (χ4n) is 12.5. The van der Waals surface area contributed by atoms with Crippen molar-refractivity contribution in [2.75, 3.05) is 30.4 Å². The van der Waals surface area contributed by atoms with Crippen molar-refractivity contribution in [3.63, 3.8) is 0 Å². The van der Waals surface area contributed by atoms with Crippen LogP contribution in [-0.2, 0) is 24.4 Å². The molecular weight excluding hydrogens is 1240 g/mol. The molecule has 0 bridgehead atoms. The van der Waals surface area contributed by atoms with Gasteiger partial charge in [-0.05, 0) is 106 Å². The number of nitrogens with zero attached hydrogens (tertiary/aromatic N) is 6. The second kappa shape index (κ2) is 30.1. The zero-order valence-corrected chi connectivity index (χ0v) is 54.3. The highest BCUT2D eigenvalue weighted by Gasteiger charge is 2.34. The van der Waals surface area contributed by atoms with Crippen LogP contribution in [0, 0.1) is 39.3 Å². The molecule has 2 saturated carbocycles. The molecule has 12 rings (SSSR count). The number of nitrogen functional groups attached to an aromatic ring is 3. The van der Waals surface area contributed by atoms with Gasteiger partial charge in [-0.25, -0.2) is 22.8 Å². The number of ether oxygens (including phenoxy) is 1. The van der Waals surface area contributed by atoms with E-state index >= 15 is 0 Å². The summed E-state index contributed by atoms with van der Waals surface area (Å²) in [6.07, 6.45) is 7.23. The van der Waals surface area contributed by atoms with Crippen molar-refractivity contribution in [2.45, 2.75) is 123 Å². The van der Waals surface area contributed by atoms with Crippen LogP contribution in [0.4, 0.5) is 26.2 Å². The van der Waals surface area contributed by atoms with Crippen molar-refractivity contribution in [3.8, 4) is 33.8 Å². The molecule has 0 radical (unpaired) electrons. The molecule has 6 amide bonds. The molecule has 6 aromatic carbocycles. The first kappa shape index (κ1) is 68.8. The molecule has 2 aliphatic carbocycles. The van der Waals surface area contributed by atoms with E-state index in [1.807, 2.05) is 82.3 Å². The minimum Gasteiger partial charge on any atom is -0.388 e. The molecule has 9 aromatic rings. The number of carbonyl (C=O) groups is 6. The van der Waals surface area contributed by atoms with Gasteiger partial charge in [-0.2, -0.15) is 15.3 Å². The van der Waals surface area contributed by atoms with Gasteiger partial charge in [0.2, 0.25) is 0 Å². The van der Waals surface area contributed by atoms with E-state index in [0.717, 1.165) is 79.2 Å². The van der Waals surface area contributed by atoms with E-state index < -0.39 is 41.5 Å². The van der Waals surface area contributed by atoms with Crippen LogP contribution in [0.5, 0.6) is 0 Å². The average Bonchev–Trinajstić information content (AvgIpc) is 1.65. The Labute approximate surface area is 558 Å². The Morgan fingerprint density at radius 1 is 0.485 bits per heavy atom. The third kappa shape index (κ3) is 15.4. The lowest BCUT2D eigenvalue weighted by Crippen LogP contribution is -2.25. The number of hydrogen-bond donors (Lipinski definition) is 10. The minimum absolute atomic E-state index is 0.0274. The smallest absolute Gasteiger partial charge is 0.254 e. The van der Waals surface area contributed by atoms with Crippen LogP contribution in [0.15, 0.2) is 127 Å². The summed E-state index contributed by atoms with van der Waals surface area (Å²) in [4.78, 5) is 73.7. The van der Waals surface area contributed by atoms with Crippen LogP contribution in [0.2, 0.25) is 0 Å². The predicted molar refractivity (Wildman–Crippen MR) is 364 cm³/mol. The molecule has 97 heavy (non-hydrogen) atoms. The molecule has 504 valence electrons. The van der Waals surface area contributed by atoms with E-state index in [1.165, 1.54) is 16.8 Å². The number of amides is 6. The Morgan fingerprint density at radius 3 is 1.30 bits per heavy atom. The van der Waals surface area contributed by atoms with Gasteiger partial charge >= 0.3 is 0 Å². The number of benzene rings is 6. The molecule has 23 nitrogen and oxygen atoms in total. The molecule has 2 atom stereocenters. The maximum Gasteiger partial charge on any atom is 0.254 e. The summed E-state index contributed by atoms with van der Waals surface area (Å²) in [5.41, 5.74) is 44.8. The molecule has 0 spiro atoms. The molecule has 3 aromatic heterocycles. The zero-order valence-electron chi connectivity index (χ0n) is 54.3. The van der Waals surface area contributed by atoms with E-state index in [2.05, 4.69) is 31.2 Å². The van der Waals surface area contributed by atoms with Crippen LogP contribution in [-0.4, -0.2) is 89.2 Å². The van der Waals surface area contributed by atoms with Crippen LogP contribution < -0.4 is 50.4 Å². The van der Waals surface area contributed by atoms with E-state index in [4.69, 9.17) is 39.1 Å². The summed E-state index contributed by atoms with van der Waals surface area (Å²) in [6, 6.07) is 36.3. The van der Waals surface area contributed by atoms with Gasteiger partial charge in [0, 0.05) is 64.1 Å². The second-order valence-corrected chi connectivity index (χ2v) is 24.6. The zero-order chi connectivity index (χ0) is 69.4. The monoisotopic (exact) mass is 1320 g/mol. The third-order valence-electron chi connectivity index (χ3n) is 17.9. The highest BCUT2D eigenvalue weighted by molar-refractivity contribution is 6.05. The number of primary amides is 3. The summed E-state index contributed by atoms with van der Waals surface area (Å²) in [7, 11) is 0. The lowest BCUT2D eigenvalue weighted by molar-refractivity contribution is 0.0941. The average molecular weight is 1320 g/mol. The van der Waals surface area contributed by atoms with Gasteiger partial charge in [-0.15, -0.1) is 0 Å². The van der Waals surface area contributed by atoms with Crippen LogP contribution in [0.3, 0.4) is 0 Å². The molecular formula is C72H79F2N15O8. The largest absolute Gasteiger partial charge is 0.388 e. The number of nitrogens with one attached hydrogen (secondary N) is 3. The Hall–Kier alpha value is -11.1. The summed E-state index contributed by atoms with van der Waals surface area (Å²) in [5.74, 6) is -3.28. The standard InChI is InChI=1S/C25H28FN5O2.C24H26FN5O2.C23H25N5O4/c1-14-7-8-15(2)19(11-14)25(33)29-13-17-10-9-16(12-20(17)26)22-21(24(28)32)23(27)31(30-22)18-5-3-4-6-18;1-14-6-2-5-9-18(14)24(32)28-13-16-11-10-15(12-19(16)25)21-20(23(27)31)22(26)30(29-21)17-7-3-4-8-17;1-13-4-2-3-5-16(13)23(31)26-10-14-6-8-15(9-7-14)20-19(22(25)30)21(24)28(27-20)17-11-32-12-18(17)29/h7-12,18H,3-6,13,27H2,1-2H3,(H2,28,32)(H,29,33);2,5-6,9-12,17H,3-4,7-8,13,26H2,1H3,(H2,27,31)(H,28,32);2-9,17-18,29H,10-12,24H2,1H3,(H2,25,30)(H,26,31). The van der Waals surface area contributed by atoms with Crippen molar-refractivity contribution in [1.29, 1.82) is 0 Å². The molecule has 1 saturated heterocycles. The van der Waals surface area contributed by atoms with Gasteiger partial charge in [0.1, 0.15) is 75.0 Å². The maximum atomic E-state index is 14.9. The highest BCUT2D eigenvalue weighted by Crippen LogP contribution is 2.38. The maximum absolute atomic E-state index is 14.9. The van der Waals surface area contributed by atoms with Crippen LogP contribution in [0.1, 0.15) is 171 Å². The van der Waals surface area contributed by atoms with Gasteiger partial charge < -0.3 is 60.2 Å². The molecule has 25 heteroatoms. The van der Waals surface area contributed by atoms with Crippen molar-refractivity contribution in [3.05, 3.63) is 211 Å². The van der Waals surface area contributed by atoms with E-state index in [-0.39, 0.29) is 102 Å². The number of hydrogen-bond acceptors (Lipinski definition) is 14.